The molecule has 1 aliphatic heterocycles. The van der Waals surface area contributed by atoms with E-state index < -0.39 is 10.8 Å². The fourth-order valence-electron chi connectivity index (χ4n) is 6.91. The highest BCUT2D eigenvalue weighted by atomic mass is 32.2. The van der Waals surface area contributed by atoms with Crippen LogP contribution in [0.15, 0.2) is 63.1 Å². The van der Waals surface area contributed by atoms with Crippen LogP contribution in [0.1, 0.15) is 63.8 Å². The number of hydrogen-bond acceptors (Lipinski definition) is 6. The van der Waals surface area contributed by atoms with Crippen LogP contribution in [0.25, 0.3) is 16.3 Å². The predicted molar refractivity (Wildman–Crippen MR) is 174 cm³/mol. The van der Waals surface area contributed by atoms with Crippen LogP contribution in [-0.2, 0) is 21.5 Å². The number of nitrogens with zero attached hydrogens (tertiary/aromatic N) is 2. The molecule has 214 valence electrons. The molecule has 2 fully saturated rings. The van der Waals surface area contributed by atoms with E-state index in [0.717, 1.165) is 29.7 Å². The molecule has 0 bridgehead atoms. The van der Waals surface area contributed by atoms with Gasteiger partial charge < -0.3 is 9.08 Å². The summed E-state index contributed by atoms with van der Waals surface area (Å²) in [6.45, 7) is 6.51. The van der Waals surface area contributed by atoms with Gasteiger partial charge in [0, 0.05) is 46.4 Å². The van der Waals surface area contributed by atoms with Crippen LogP contribution in [-0.4, -0.2) is 45.6 Å². The number of thiazole rings is 1. The third-order valence-corrected chi connectivity index (χ3v) is 13.3. The van der Waals surface area contributed by atoms with E-state index in [1.165, 1.54) is 75.5 Å². The molecule has 1 saturated carbocycles. The van der Waals surface area contributed by atoms with Gasteiger partial charge in [-0.15, -0.1) is 11.8 Å². The number of hydrogen-bond donors (Lipinski definition) is 0. The van der Waals surface area contributed by atoms with Gasteiger partial charge >= 0.3 is 0 Å². The summed E-state index contributed by atoms with van der Waals surface area (Å²) in [6.07, 6.45) is 20.3. The van der Waals surface area contributed by atoms with E-state index in [2.05, 4.69) is 71.5 Å². The monoisotopic (exact) mass is 613 g/mol. The van der Waals surface area contributed by atoms with Crippen LogP contribution in [0, 0.1) is 5.92 Å². The third kappa shape index (κ3) is 5.81. The summed E-state index contributed by atoms with van der Waals surface area (Å²) in [7, 11) is 0.842. The second-order valence-electron chi connectivity index (χ2n) is 11.3. The maximum Gasteiger partial charge on any atom is 0.263 e. The van der Waals surface area contributed by atoms with Crippen LogP contribution < -0.4 is 4.57 Å². The van der Waals surface area contributed by atoms with Crippen molar-refractivity contribution in [3.05, 3.63) is 63.2 Å². The topological polar surface area (TPSA) is 33.4 Å². The van der Waals surface area contributed by atoms with Gasteiger partial charge in [0.15, 0.2) is 0 Å². The molecule has 1 saturated heterocycles. The number of allylic oxidation sites excluding steroid dienone is 6. The van der Waals surface area contributed by atoms with Gasteiger partial charge in [0.2, 0.25) is 5.52 Å². The Kier molecular flexibility index (Phi) is 9.00. The van der Waals surface area contributed by atoms with Gasteiger partial charge in [0.1, 0.15) is 11.2 Å². The number of thioether (sulfide) groups is 1. The van der Waals surface area contributed by atoms with Gasteiger partial charge in [-0.1, -0.05) is 23.5 Å². The van der Waals surface area contributed by atoms with Gasteiger partial charge in [-0.3, -0.25) is 4.21 Å². The Hall–Kier alpha value is -1.32. The van der Waals surface area contributed by atoms with E-state index in [-0.39, 0.29) is 0 Å². The Labute approximate surface area is 254 Å². The third-order valence-electron chi connectivity index (χ3n) is 8.94. The summed E-state index contributed by atoms with van der Waals surface area (Å²) >= 11 is 5.65. The maximum absolute atomic E-state index is 12.1. The van der Waals surface area contributed by atoms with E-state index in [1.54, 1.807) is 18.3 Å². The molecule has 5 unspecified atom stereocenters. The highest BCUT2D eigenvalue weighted by molar-refractivity contribution is 8.04. The van der Waals surface area contributed by atoms with Crippen molar-refractivity contribution in [2.45, 2.75) is 86.8 Å². The summed E-state index contributed by atoms with van der Waals surface area (Å²) in [5, 5.41) is 4.12. The SMILES string of the molecule is CCN1C(=CC2=CC3=CC(=Cc4sc5ccc(S(C)=O)cc5[n+]4CC)CCC3CC2)SC2CCC(SOC)CC21. The second kappa shape index (κ2) is 12.5. The van der Waals surface area contributed by atoms with Crippen molar-refractivity contribution >= 4 is 62.2 Å². The smallest absolute Gasteiger partial charge is 0.263 e. The number of aromatic nitrogens is 1. The van der Waals surface area contributed by atoms with Crippen LogP contribution in [0.3, 0.4) is 0 Å². The highest BCUT2D eigenvalue weighted by Gasteiger charge is 2.42. The molecular formula is C32H41N2O2S4+. The van der Waals surface area contributed by atoms with Crippen molar-refractivity contribution in [1.29, 1.82) is 0 Å². The minimum atomic E-state index is -0.966. The van der Waals surface area contributed by atoms with Gasteiger partial charge in [-0.05, 0) is 112 Å². The number of aryl methyl sites for hydroxylation is 1. The largest absolute Gasteiger partial charge is 0.362 e. The summed E-state index contributed by atoms with van der Waals surface area (Å²) in [6, 6.07) is 6.90. The molecule has 1 aromatic carbocycles. The zero-order chi connectivity index (χ0) is 27.8. The predicted octanol–water partition coefficient (Wildman–Crippen LogP) is 7.88. The fraction of sp³-hybridized carbons (Fsp3) is 0.531. The molecule has 4 aliphatic rings. The maximum atomic E-state index is 12.1. The van der Waals surface area contributed by atoms with Crippen LogP contribution in [0.2, 0.25) is 0 Å². The molecule has 2 aromatic rings. The minimum Gasteiger partial charge on any atom is -0.362 e. The molecule has 40 heavy (non-hydrogen) atoms. The van der Waals surface area contributed by atoms with Gasteiger partial charge in [0.05, 0.1) is 22.9 Å². The molecular weight excluding hydrogens is 573 g/mol. The summed E-state index contributed by atoms with van der Waals surface area (Å²) in [4.78, 5) is 3.58. The summed E-state index contributed by atoms with van der Waals surface area (Å²) in [5.74, 6) is 0.690. The Bertz CT molecular complexity index is 1420. The molecule has 0 N–H and O–H groups in total. The standard InChI is InChI=1S/C32H41N2O2S4/c1-5-33-27-19-25(39-36-3)11-13-29(27)37-31(33)17-21-7-9-23-10-8-22(16-24(23)15-21)18-32-34(6-2)28-20-26(40(4)35)12-14-30(28)38-32/h12,14-18,20,23,25,27,29H,5-11,13,19H2,1-4H3/q+1. The Morgan fingerprint density at radius 3 is 2.77 bits per heavy atom. The lowest BCUT2D eigenvalue weighted by atomic mass is 9.77. The van der Waals surface area contributed by atoms with Crippen molar-refractivity contribution in [2.75, 3.05) is 19.9 Å². The molecule has 0 radical (unpaired) electrons. The minimum absolute atomic E-state index is 0.623. The molecule has 6 rings (SSSR count). The van der Waals surface area contributed by atoms with Crippen LogP contribution >= 0.6 is 35.1 Å². The molecule has 1 aromatic heterocycles. The Morgan fingerprint density at radius 1 is 1.15 bits per heavy atom. The molecule has 3 aliphatic carbocycles. The fourth-order valence-corrected chi connectivity index (χ4v) is 11.0. The number of fused-ring (bicyclic) bond motifs is 3. The molecule has 5 atom stereocenters. The lowest BCUT2D eigenvalue weighted by Crippen LogP contribution is -2.40. The van der Waals surface area contributed by atoms with E-state index in [0.29, 0.717) is 17.2 Å². The average Bonchev–Trinajstić information content (AvgIpc) is 3.48. The molecule has 2 heterocycles. The zero-order valence-electron chi connectivity index (χ0n) is 24.1. The van der Waals surface area contributed by atoms with Gasteiger partial charge in [0.25, 0.3) is 5.01 Å². The van der Waals surface area contributed by atoms with Crippen molar-refractivity contribution in [3.63, 3.8) is 0 Å². The summed E-state index contributed by atoms with van der Waals surface area (Å²) < 4.78 is 21.2. The zero-order valence-corrected chi connectivity index (χ0v) is 27.3. The van der Waals surface area contributed by atoms with Crippen molar-refractivity contribution < 1.29 is 13.0 Å². The van der Waals surface area contributed by atoms with Crippen molar-refractivity contribution in [3.8, 4) is 0 Å². The van der Waals surface area contributed by atoms with E-state index in [4.69, 9.17) is 4.18 Å². The van der Waals surface area contributed by atoms with Crippen molar-refractivity contribution in [1.82, 2.24) is 4.90 Å². The first-order valence-electron chi connectivity index (χ1n) is 14.7. The molecule has 4 nitrogen and oxygen atoms in total. The number of rotatable bonds is 7. The first kappa shape index (κ1) is 28.8. The van der Waals surface area contributed by atoms with E-state index in [1.807, 2.05) is 24.5 Å². The molecule has 0 spiro atoms. The number of benzene rings is 1. The lowest BCUT2D eigenvalue weighted by Gasteiger charge is -2.35. The van der Waals surface area contributed by atoms with E-state index >= 15 is 0 Å². The quantitative estimate of drug-likeness (QED) is 0.234. The Morgan fingerprint density at radius 2 is 2.00 bits per heavy atom. The van der Waals surface area contributed by atoms with Crippen molar-refractivity contribution in [2.24, 2.45) is 5.92 Å². The first-order valence-corrected chi connectivity index (χ1v) is 18.8. The lowest BCUT2D eigenvalue weighted by molar-refractivity contribution is -0.665. The average molecular weight is 614 g/mol. The summed E-state index contributed by atoms with van der Waals surface area (Å²) in [5.41, 5.74) is 5.64. The van der Waals surface area contributed by atoms with Gasteiger partial charge in [-0.2, -0.15) is 4.57 Å². The first-order chi connectivity index (χ1) is 19.5. The molecule has 0 amide bonds. The second-order valence-corrected chi connectivity index (χ2v) is 16.2. The van der Waals surface area contributed by atoms with Crippen LogP contribution in [0.5, 0.6) is 0 Å². The van der Waals surface area contributed by atoms with E-state index in [9.17, 15) is 4.21 Å². The highest BCUT2D eigenvalue weighted by Crippen LogP contribution is 2.48. The Balaban J connectivity index is 1.26. The molecule has 8 heteroatoms. The normalized spacial score (nSPS) is 29.4. The van der Waals surface area contributed by atoms with Crippen LogP contribution in [0.4, 0.5) is 0 Å². The van der Waals surface area contributed by atoms with Gasteiger partial charge in [-0.25, -0.2) is 0 Å².